The minimum Gasteiger partial charge on any atom is -0.271 e. The zero-order valence-electron chi connectivity index (χ0n) is 11.0. The van der Waals surface area contributed by atoms with Crippen molar-refractivity contribution >= 4 is 10.8 Å². The third kappa shape index (κ3) is 2.66. The average Bonchev–Trinajstić information content (AvgIpc) is 2.53. The molecule has 3 N–H and O–H groups in total. The molecule has 1 aromatic heterocycles. The Balaban J connectivity index is 1.87. The standard InChI is InChI=1S/C16H16N4/c17-20-16(15-9-18-11-19-10-15)8-12-5-6-13-3-1-2-4-14(13)7-12/h1-7,9-11,16,20H,8,17H2. The quantitative estimate of drug-likeness (QED) is 0.561. The molecular formula is C16H16N4. The number of nitrogens with zero attached hydrogens (tertiary/aromatic N) is 2. The van der Waals surface area contributed by atoms with Crippen LogP contribution >= 0.6 is 0 Å². The highest BCUT2D eigenvalue weighted by molar-refractivity contribution is 5.83. The molecular weight excluding hydrogens is 248 g/mol. The van der Waals surface area contributed by atoms with Crippen LogP contribution in [0.15, 0.2) is 61.2 Å². The van der Waals surface area contributed by atoms with E-state index in [4.69, 9.17) is 5.84 Å². The van der Waals surface area contributed by atoms with E-state index in [1.807, 2.05) is 6.07 Å². The molecule has 2 aromatic carbocycles. The van der Waals surface area contributed by atoms with Crippen LogP contribution < -0.4 is 11.3 Å². The minimum absolute atomic E-state index is 0.0114. The number of benzene rings is 2. The Morgan fingerprint density at radius 2 is 1.75 bits per heavy atom. The molecule has 4 nitrogen and oxygen atoms in total. The van der Waals surface area contributed by atoms with Gasteiger partial charge in [0.05, 0.1) is 6.04 Å². The summed E-state index contributed by atoms with van der Waals surface area (Å²) in [6.07, 6.45) is 5.90. The molecule has 0 saturated carbocycles. The molecule has 1 atom stereocenters. The van der Waals surface area contributed by atoms with Crippen molar-refractivity contribution in [3.63, 3.8) is 0 Å². The van der Waals surface area contributed by atoms with E-state index < -0.39 is 0 Å². The normalized spacial score (nSPS) is 12.4. The Morgan fingerprint density at radius 3 is 2.50 bits per heavy atom. The Bertz CT molecular complexity index is 697. The van der Waals surface area contributed by atoms with E-state index in [1.165, 1.54) is 22.7 Å². The molecule has 0 amide bonds. The van der Waals surface area contributed by atoms with Crippen LogP contribution in [0.25, 0.3) is 10.8 Å². The van der Waals surface area contributed by atoms with E-state index in [9.17, 15) is 0 Å². The van der Waals surface area contributed by atoms with Gasteiger partial charge in [0.2, 0.25) is 0 Å². The number of aromatic nitrogens is 2. The van der Waals surface area contributed by atoms with Crippen molar-refractivity contribution in [3.05, 3.63) is 72.3 Å². The topological polar surface area (TPSA) is 63.8 Å². The van der Waals surface area contributed by atoms with Gasteiger partial charge in [0, 0.05) is 18.0 Å². The molecule has 1 heterocycles. The molecule has 0 bridgehead atoms. The van der Waals surface area contributed by atoms with E-state index in [0.29, 0.717) is 0 Å². The number of fused-ring (bicyclic) bond motifs is 1. The second kappa shape index (κ2) is 5.77. The summed E-state index contributed by atoms with van der Waals surface area (Å²) in [7, 11) is 0. The van der Waals surface area contributed by atoms with Gasteiger partial charge in [0.15, 0.2) is 0 Å². The first-order chi connectivity index (χ1) is 9.86. The smallest absolute Gasteiger partial charge is 0.115 e. The van der Waals surface area contributed by atoms with Crippen LogP contribution in [0.4, 0.5) is 0 Å². The SMILES string of the molecule is NNC(Cc1ccc2ccccc2c1)c1cncnc1. The number of rotatable bonds is 4. The monoisotopic (exact) mass is 264 g/mol. The van der Waals surface area contributed by atoms with Gasteiger partial charge in [-0.3, -0.25) is 11.3 Å². The summed E-state index contributed by atoms with van der Waals surface area (Å²) in [4.78, 5) is 8.08. The van der Waals surface area contributed by atoms with Crippen molar-refractivity contribution in [3.8, 4) is 0 Å². The summed E-state index contributed by atoms with van der Waals surface area (Å²) in [6, 6.07) is 14.8. The van der Waals surface area contributed by atoms with Crippen LogP contribution in [0.5, 0.6) is 0 Å². The lowest BCUT2D eigenvalue weighted by atomic mass is 9.99. The predicted octanol–water partition coefficient (Wildman–Crippen LogP) is 2.38. The summed E-state index contributed by atoms with van der Waals surface area (Å²) in [5, 5.41) is 2.49. The molecule has 0 aliphatic carbocycles. The molecule has 20 heavy (non-hydrogen) atoms. The predicted molar refractivity (Wildman–Crippen MR) is 79.7 cm³/mol. The van der Waals surface area contributed by atoms with E-state index in [1.54, 1.807) is 12.4 Å². The van der Waals surface area contributed by atoms with Crippen LogP contribution in [0.3, 0.4) is 0 Å². The van der Waals surface area contributed by atoms with Crippen LogP contribution in [0.1, 0.15) is 17.2 Å². The van der Waals surface area contributed by atoms with Crippen molar-refractivity contribution < 1.29 is 0 Å². The van der Waals surface area contributed by atoms with Gasteiger partial charge < -0.3 is 0 Å². The van der Waals surface area contributed by atoms with Gasteiger partial charge in [-0.05, 0) is 22.8 Å². The molecule has 0 aliphatic heterocycles. The second-order valence-electron chi connectivity index (χ2n) is 4.78. The number of hydrogen-bond donors (Lipinski definition) is 2. The lowest BCUT2D eigenvalue weighted by Gasteiger charge is -2.15. The summed E-state index contributed by atoms with van der Waals surface area (Å²) >= 11 is 0. The van der Waals surface area contributed by atoms with Gasteiger partial charge >= 0.3 is 0 Å². The van der Waals surface area contributed by atoms with Crippen molar-refractivity contribution in [1.82, 2.24) is 15.4 Å². The van der Waals surface area contributed by atoms with Gasteiger partial charge in [-0.25, -0.2) is 9.97 Å². The first-order valence-corrected chi connectivity index (χ1v) is 6.55. The molecule has 0 fully saturated rings. The number of hydrogen-bond acceptors (Lipinski definition) is 4. The molecule has 4 heteroatoms. The molecule has 1 unspecified atom stereocenters. The van der Waals surface area contributed by atoms with Crippen molar-refractivity contribution in [2.75, 3.05) is 0 Å². The number of hydrazine groups is 1. The minimum atomic E-state index is 0.0114. The van der Waals surface area contributed by atoms with Gasteiger partial charge in [-0.15, -0.1) is 0 Å². The highest BCUT2D eigenvalue weighted by Gasteiger charge is 2.11. The fourth-order valence-corrected chi connectivity index (χ4v) is 2.37. The van der Waals surface area contributed by atoms with Gasteiger partial charge in [0.25, 0.3) is 0 Å². The molecule has 3 rings (SSSR count). The summed E-state index contributed by atoms with van der Waals surface area (Å²) in [5.74, 6) is 5.66. The molecule has 100 valence electrons. The summed E-state index contributed by atoms with van der Waals surface area (Å²) < 4.78 is 0. The maximum absolute atomic E-state index is 5.66. The third-order valence-electron chi connectivity index (χ3n) is 3.44. The summed E-state index contributed by atoms with van der Waals surface area (Å²) in [5.41, 5.74) is 5.06. The molecule has 0 aliphatic rings. The van der Waals surface area contributed by atoms with E-state index in [-0.39, 0.29) is 6.04 Å². The van der Waals surface area contributed by atoms with Crippen molar-refractivity contribution in [2.24, 2.45) is 5.84 Å². The second-order valence-corrected chi connectivity index (χ2v) is 4.78. The zero-order chi connectivity index (χ0) is 13.8. The Labute approximate surface area is 117 Å². The fraction of sp³-hybridized carbons (Fsp3) is 0.125. The van der Waals surface area contributed by atoms with Gasteiger partial charge in [-0.2, -0.15) is 0 Å². The lowest BCUT2D eigenvalue weighted by Crippen LogP contribution is -2.29. The van der Waals surface area contributed by atoms with Crippen LogP contribution in [-0.4, -0.2) is 9.97 Å². The van der Waals surface area contributed by atoms with Crippen LogP contribution in [-0.2, 0) is 6.42 Å². The Hall–Kier alpha value is -2.30. The zero-order valence-corrected chi connectivity index (χ0v) is 11.0. The van der Waals surface area contributed by atoms with E-state index >= 15 is 0 Å². The number of nitrogens with one attached hydrogen (secondary N) is 1. The lowest BCUT2D eigenvalue weighted by molar-refractivity contribution is 0.548. The Morgan fingerprint density at radius 1 is 1.00 bits per heavy atom. The molecule has 3 aromatic rings. The van der Waals surface area contributed by atoms with Crippen molar-refractivity contribution in [2.45, 2.75) is 12.5 Å². The first-order valence-electron chi connectivity index (χ1n) is 6.55. The maximum atomic E-state index is 5.66. The van der Waals surface area contributed by atoms with Crippen LogP contribution in [0, 0.1) is 0 Å². The third-order valence-corrected chi connectivity index (χ3v) is 3.44. The highest BCUT2D eigenvalue weighted by atomic mass is 15.2. The van der Waals surface area contributed by atoms with Crippen molar-refractivity contribution in [1.29, 1.82) is 0 Å². The van der Waals surface area contributed by atoms with Gasteiger partial charge in [-0.1, -0.05) is 42.5 Å². The summed E-state index contributed by atoms with van der Waals surface area (Å²) in [6.45, 7) is 0. The average molecular weight is 264 g/mol. The number of nitrogens with two attached hydrogens (primary N) is 1. The van der Waals surface area contributed by atoms with E-state index in [2.05, 4.69) is 51.8 Å². The molecule has 0 spiro atoms. The fourth-order valence-electron chi connectivity index (χ4n) is 2.37. The highest BCUT2D eigenvalue weighted by Crippen LogP contribution is 2.20. The van der Waals surface area contributed by atoms with Gasteiger partial charge in [0.1, 0.15) is 6.33 Å². The first kappa shape index (κ1) is 12.7. The maximum Gasteiger partial charge on any atom is 0.115 e. The van der Waals surface area contributed by atoms with E-state index in [0.717, 1.165) is 12.0 Å². The van der Waals surface area contributed by atoms with Crippen LogP contribution in [0.2, 0.25) is 0 Å². The molecule has 0 radical (unpaired) electrons. The largest absolute Gasteiger partial charge is 0.271 e. The molecule has 0 saturated heterocycles. The Kier molecular flexibility index (Phi) is 3.67.